The van der Waals surface area contributed by atoms with Gasteiger partial charge in [-0.3, -0.25) is 4.68 Å². The van der Waals surface area contributed by atoms with Crippen LogP contribution in [0.1, 0.15) is 24.2 Å². The number of rotatable bonds is 5. The van der Waals surface area contributed by atoms with E-state index in [1.165, 1.54) is 6.07 Å². The van der Waals surface area contributed by atoms with Crippen molar-refractivity contribution in [3.63, 3.8) is 0 Å². The van der Waals surface area contributed by atoms with Gasteiger partial charge in [0.15, 0.2) is 0 Å². The fourth-order valence-electron chi connectivity index (χ4n) is 2.04. The van der Waals surface area contributed by atoms with Crippen molar-refractivity contribution in [2.24, 2.45) is 7.05 Å². The molecular formula is C14H18FN3. The lowest BCUT2D eigenvalue weighted by Gasteiger charge is -2.14. The number of benzene rings is 1. The van der Waals surface area contributed by atoms with Crippen LogP contribution in [-0.4, -0.2) is 16.3 Å². The van der Waals surface area contributed by atoms with Crippen LogP contribution in [0, 0.1) is 5.82 Å². The number of nitrogens with one attached hydrogen (secondary N) is 1. The SMILES string of the molecule is CC(NCCc1cccc(F)c1)c1ccnn1C. The van der Waals surface area contributed by atoms with Gasteiger partial charge in [-0.15, -0.1) is 0 Å². The van der Waals surface area contributed by atoms with Crippen LogP contribution in [0.3, 0.4) is 0 Å². The molecule has 1 aromatic carbocycles. The molecule has 0 fully saturated rings. The molecule has 1 N–H and O–H groups in total. The summed E-state index contributed by atoms with van der Waals surface area (Å²) in [6, 6.07) is 8.98. The van der Waals surface area contributed by atoms with Crippen molar-refractivity contribution >= 4 is 0 Å². The summed E-state index contributed by atoms with van der Waals surface area (Å²) in [5, 5.41) is 7.55. The van der Waals surface area contributed by atoms with Crippen molar-refractivity contribution in [3.05, 3.63) is 53.6 Å². The minimum absolute atomic E-state index is 0.174. The first-order chi connectivity index (χ1) is 8.66. The number of nitrogens with zero attached hydrogens (tertiary/aromatic N) is 2. The Hall–Kier alpha value is -1.68. The predicted octanol–water partition coefficient (Wildman–Crippen LogP) is 2.45. The number of hydrogen-bond acceptors (Lipinski definition) is 2. The fraction of sp³-hybridized carbons (Fsp3) is 0.357. The molecule has 2 rings (SSSR count). The smallest absolute Gasteiger partial charge is 0.123 e. The van der Waals surface area contributed by atoms with Crippen LogP contribution >= 0.6 is 0 Å². The minimum atomic E-state index is -0.174. The van der Waals surface area contributed by atoms with Crippen molar-refractivity contribution in [3.8, 4) is 0 Å². The van der Waals surface area contributed by atoms with Gasteiger partial charge in [-0.25, -0.2) is 4.39 Å². The average molecular weight is 247 g/mol. The van der Waals surface area contributed by atoms with Gasteiger partial charge in [-0.05, 0) is 43.7 Å². The Balaban J connectivity index is 1.84. The third-order valence-electron chi connectivity index (χ3n) is 3.06. The van der Waals surface area contributed by atoms with Crippen LogP contribution in [0.5, 0.6) is 0 Å². The van der Waals surface area contributed by atoms with Crippen molar-refractivity contribution in [1.29, 1.82) is 0 Å². The highest BCUT2D eigenvalue weighted by Gasteiger charge is 2.07. The van der Waals surface area contributed by atoms with E-state index in [0.29, 0.717) is 0 Å². The summed E-state index contributed by atoms with van der Waals surface area (Å²) in [7, 11) is 1.93. The van der Waals surface area contributed by atoms with E-state index in [1.54, 1.807) is 18.3 Å². The van der Waals surface area contributed by atoms with Gasteiger partial charge in [0.25, 0.3) is 0 Å². The molecule has 1 atom stereocenters. The average Bonchev–Trinajstić information content (AvgIpc) is 2.75. The molecule has 96 valence electrons. The molecule has 4 heteroatoms. The first kappa shape index (κ1) is 12.8. The molecule has 2 aromatic rings. The monoisotopic (exact) mass is 247 g/mol. The Labute approximate surface area is 107 Å². The standard InChI is InChI=1S/C14H18FN3/c1-11(14-7-9-17-18(14)2)16-8-6-12-4-3-5-13(15)10-12/h3-5,7,9-11,16H,6,8H2,1-2H3. The van der Waals surface area contributed by atoms with Crippen LogP contribution in [0.25, 0.3) is 0 Å². The Bertz CT molecular complexity index is 507. The first-order valence-electron chi connectivity index (χ1n) is 6.12. The Morgan fingerprint density at radius 2 is 2.22 bits per heavy atom. The molecule has 0 aliphatic heterocycles. The highest BCUT2D eigenvalue weighted by molar-refractivity contribution is 5.16. The topological polar surface area (TPSA) is 29.9 Å². The normalized spacial score (nSPS) is 12.6. The Morgan fingerprint density at radius 1 is 1.39 bits per heavy atom. The highest BCUT2D eigenvalue weighted by Crippen LogP contribution is 2.10. The van der Waals surface area contributed by atoms with E-state index in [9.17, 15) is 4.39 Å². The molecule has 0 aliphatic rings. The second-order valence-electron chi connectivity index (χ2n) is 4.44. The van der Waals surface area contributed by atoms with Crippen LogP contribution in [-0.2, 0) is 13.5 Å². The summed E-state index contributed by atoms with van der Waals surface area (Å²) in [6.07, 6.45) is 2.61. The molecular weight excluding hydrogens is 229 g/mol. The van der Waals surface area contributed by atoms with Gasteiger partial charge in [0.1, 0.15) is 5.82 Å². The predicted molar refractivity (Wildman–Crippen MR) is 69.7 cm³/mol. The lowest BCUT2D eigenvalue weighted by Crippen LogP contribution is -2.23. The van der Waals surface area contributed by atoms with Crippen molar-refractivity contribution in [2.45, 2.75) is 19.4 Å². The molecule has 0 spiro atoms. The maximum absolute atomic E-state index is 13.0. The van der Waals surface area contributed by atoms with Gasteiger partial charge in [-0.2, -0.15) is 5.10 Å². The van der Waals surface area contributed by atoms with E-state index in [-0.39, 0.29) is 11.9 Å². The fourth-order valence-corrected chi connectivity index (χ4v) is 2.04. The van der Waals surface area contributed by atoms with E-state index in [0.717, 1.165) is 24.2 Å². The molecule has 1 heterocycles. The zero-order valence-electron chi connectivity index (χ0n) is 10.7. The van der Waals surface area contributed by atoms with E-state index < -0.39 is 0 Å². The van der Waals surface area contributed by atoms with Crippen molar-refractivity contribution < 1.29 is 4.39 Å². The summed E-state index contributed by atoms with van der Waals surface area (Å²) >= 11 is 0. The molecule has 1 aromatic heterocycles. The van der Waals surface area contributed by atoms with Gasteiger partial charge in [0.2, 0.25) is 0 Å². The van der Waals surface area contributed by atoms with Gasteiger partial charge in [0, 0.05) is 19.3 Å². The van der Waals surface area contributed by atoms with Gasteiger partial charge < -0.3 is 5.32 Å². The quantitative estimate of drug-likeness (QED) is 0.879. The molecule has 0 saturated heterocycles. The van der Waals surface area contributed by atoms with E-state index in [1.807, 2.05) is 23.9 Å². The molecule has 0 saturated carbocycles. The number of hydrogen-bond donors (Lipinski definition) is 1. The maximum Gasteiger partial charge on any atom is 0.123 e. The maximum atomic E-state index is 13.0. The molecule has 3 nitrogen and oxygen atoms in total. The number of halogens is 1. The van der Waals surface area contributed by atoms with Crippen LogP contribution in [0.4, 0.5) is 4.39 Å². The second kappa shape index (κ2) is 5.78. The highest BCUT2D eigenvalue weighted by atomic mass is 19.1. The summed E-state index contributed by atoms with van der Waals surface area (Å²) in [5.41, 5.74) is 2.16. The molecule has 0 amide bonds. The van der Waals surface area contributed by atoms with Crippen LogP contribution in [0.2, 0.25) is 0 Å². The molecule has 0 radical (unpaired) electrons. The first-order valence-corrected chi connectivity index (χ1v) is 6.12. The summed E-state index contributed by atoms with van der Waals surface area (Å²) in [6.45, 7) is 2.92. The summed E-state index contributed by atoms with van der Waals surface area (Å²) in [5.74, 6) is -0.174. The second-order valence-corrected chi connectivity index (χ2v) is 4.44. The molecule has 0 aliphatic carbocycles. The third-order valence-corrected chi connectivity index (χ3v) is 3.06. The van der Waals surface area contributed by atoms with Crippen LogP contribution in [0.15, 0.2) is 36.5 Å². The van der Waals surface area contributed by atoms with Crippen molar-refractivity contribution in [2.75, 3.05) is 6.54 Å². The summed E-state index contributed by atoms with van der Waals surface area (Å²) in [4.78, 5) is 0. The molecule has 18 heavy (non-hydrogen) atoms. The van der Waals surface area contributed by atoms with E-state index >= 15 is 0 Å². The Morgan fingerprint density at radius 3 is 2.89 bits per heavy atom. The lowest BCUT2D eigenvalue weighted by molar-refractivity contribution is 0.532. The zero-order chi connectivity index (χ0) is 13.0. The zero-order valence-corrected chi connectivity index (χ0v) is 10.7. The third kappa shape index (κ3) is 3.17. The summed E-state index contributed by atoms with van der Waals surface area (Å²) < 4.78 is 14.9. The van der Waals surface area contributed by atoms with E-state index in [4.69, 9.17) is 0 Å². The Kier molecular flexibility index (Phi) is 4.10. The van der Waals surface area contributed by atoms with Gasteiger partial charge in [0.05, 0.1) is 5.69 Å². The minimum Gasteiger partial charge on any atom is -0.309 e. The number of aryl methyl sites for hydroxylation is 1. The lowest BCUT2D eigenvalue weighted by atomic mass is 10.1. The van der Waals surface area contributed by atoms with Gasteiger partial charge in [-0.1, -0.05) is 12.1 Å². The molecule has 1 unspecified atom stereocenters. The molecule has 0 bridgehead atoms. The van der Waals surface area contributed by atoms with Crippen LogP contribution < -0.4 is 5.32 Å². The van der Waals surface area contributed by atoms with E-state index in [2.05, 4.69) is 17.3 Å². The van der Waals surface area contributed by atoms with Gasteiger partial charge >= 0.3 is 0 Å². The largest absolute Gasteiger partial charge is 0.309 e. The number of aromatic nitrogens is 2. The van der Waals surface area contributed by atoms with Crippen molar-refractivity contribution in [1.82, 2.24) is 15.1 Å².